The Morgan fingerprint density at radius 1 is 1.21 bits per heavy atom. The van der Waals surface area contributed by atoms with Gasteiger partial charge < -0.3 is 15.0 Å². The lowest BCUT2D eigenvalue weighted by Crippen LogP contribution is -2.42. The second kappa shape index (κ2) is 9.79. The fourth-order valence-electron chi connectivity index (χ4n) is 3.97. The van der Waals surface area contributed by atoms with E-state index in [1.165, 1.54) is 18.2 Å². The van der Waals surface area contributed by atoms with Crippen molar-refractivity contribution in [2.24, 2.45) is 4.99 Å². The summed E-state index contributed by atoms with van der Waals surface area (Å²) in [6, 6.07) is 12.6. The van der Waals surface area contributed by atoms with E-state index in [1.54, 1.807) is 23.9 Å². The molecule has 1 N–H and O–H groups in total. The van der Waals surface area contributed by atoms with Gasteiger partial charge in [0.25, 0.3) is 5.91 Å². The Hall–Kier alpha value is -3.13. The van der Waals surface area contributed by atoms with Crippen LogP contribution < -0.4 is 5.32 Å². The van der Waals surface area contributed by atoms with Crippen LogP contribution in [0.3, 0.4) is 0 Å². The Morgan fingerprint density at radius 3 is 2.76 bits per heavy atom. The van der Waals surface area contributed by atoms with Crippen molar-refractivity contribution in [3.63, 3.8) is 0 Å². The molecule has 2 aromatic carbocycles. The summed E-state index contributed by atoms with van der Waals surface area (Å²) >= 11 is 1.67. The standard InChI is InChI=1S/C25H26FN3O3S/c1-15(2)32-24(31)21-16(3)27-25-29(11-6-12-33-25)22(21)17-7-5-10-20(14-17)28-23(30)18-8-4-9-19(26)13-18/h4-5,7-10,13-15,22H,6,11-12H2,1-3H3,(H,28,30)/t22-/m1/s1. The van der Waals surface area contributed by atoms with E-state index in [4.69, 9.17) is 4.74 Å². The van der Waals surface area contributed by atoms with E-state index in [0.29, 0.717) is 17.0 Å². The zero-order chi connectivity index (χ0) is 23.5. The van der Waals surface area contributed by atoms with Crippen LogP contribution in [-0.2, 0) is 9.53 Å². The molecule has 0 radical (unpaired) electrons. The maximum atomic E-state index is 13.5. The summed E-state index contributed by atoms with van der Waals surface area (Å²) < 4.78 is 19.1. The van der Waals surface area contributed by atoms with Gasteiger partial charge in [0.15, 0.2) is 5.17 Å². The number of ether oxygens (including phenoxy) is 1. The van der Waals surface area contributed by atoms with Crippen molar-refractivity contribution in [1.82, 2.24) is 4.90 Å². The summed E-state index contributed by atoms with van der Waals surface area (Å²) in [6.45, 7) is 6.24. The maximum Gasteiger partial charge on any atom is 0.338 e. The van der Waals surface area contributed by atoms with E-state index in [-0.39, 0.29) is 23.7 Å². The summed E-state index contributed by atoms with van der Waals surface area (Å²) in [7, 11) is 0. The minimum Gasteiger partial charge on any atom is -0.459 e. The number of thioether (sulfide) groups is 1. The molecule has 1 saturated heterocycles. The molecule has 0 unspecified atom stereocenters. The number of aliphatic imine (C=N–C) groups is 1. The Bertz CT molecular complexity index is 1150. The molecule has 1 amide bonds. The minimum absolute atomic E-state index is 0.233. The van der Waals surface area contributed by atoms with Crippen molar-refractivity contribution in [3.05, 3.63) is 76.7 Å². The lowest BCUT2D eigenvalue weighted by Gasteiger charge is -2.40. The molecule has 2 aliphatic rings. The van der Waals surface area contributed by atoms with Gasteiger partial charge in [-0.05, 0) is 63.1 Å². The van der Waals surface area contributed by atoms with E-state index < -0.39 is 11.7 Å². The summed E-state index contributed by atoms with van der Waals surface area (Å²) in [5.41, 5.74) is 2.78. The van der Waals surface area contributed by atoms with Crippen LogP contribution in [0.4, 0.5) is 10.1 Å². The second-order valence-corrected chi connectivity index (χ2v) is 9.30. The molecule has 1 fully saturated rings. The Kier molecular flexibility index (Phi) is 6.83. The number of fused-ring (bicyclic) bond motifs is 1. The number of amides is 1. The number of esters is 1. The molecule has 0 aliphatic carbocycles. The van der Waals surface area contributed by atoms with Crippen molar-refractivity contribution in [3.8, 4) is 0 Å². The Morgan fingerprint density at radius 2 is 2.00 bits per heavy atom. The summed E-state index contributed by atoms with van der Waals surface area (Å²) in [5, 5.41) is 3.72. The van der Waals surface area contributed by atoms with Gasteiger partial charge in [0, 0.05) is 23.5 Å². The largest absolute Gasteiger partial charge is 0.459 e. The lowest BCUT2D eigenvalue weighted by molar-refractivity contribution is -0.143. The SMILES string of the molecule is CC1=C(C(=O)OC(C)C)[C@@H](c2cccc(NC(=O)c3cccc(F)c3)c2)N2CCCSC2=N1. The van der Waals surface area contributed by atoms with Crippen LogP contribution in [-0.4, -0.2) is 40.3 Å². The summed E-state index contributed by atoms with van der Waals surface area (Å²) in [4.78, 5) is 32.5. The zero-order valence-corrected chi connectivity index (χ0v) is 19.6. The highest BCUT2D eigenvalue weighted by atomic mass is 32.2. The highest BCUT2D eigenvalue weighted by molar-refractivity contribution is 8.13. The number of nitrogens with one attached hydrogen (secondary N) is 1. The van der Waals surface area contributed by atoms with Crippen LogP contribution in [0.25, 0.3) is 0 Å². The number of amidine groups is 1. The van der Waals surface area contributed by atoms with E-state index in [0.717, 1.165) is 29.4 Å². The molecule has 8 heteroatoms. The van der Waals surface area contributed by atoms with Crippen LogP contribution in [0.2, 0.25) is 0 Å². The molecule has 0 aromatic heterocycles. The molecule has 1 atom stereocenters. The van der Waals surface area contributed by atoms with Crippen LogP contribution in [0, 0.1) is 5.82 Å². The van der Waals surface area contributed by atoms with E-state index in [1.807, 2.05) is 39.0 Å². The van der Waals surface area contributed by atoms with Crippen LogP contribution in [0.15, 0.2) is 64.8 Å². The normalized spacial score (nSPS) is 18.0. The van der Waals surface area contributed by atoms with Gasteiger partial charge in [-0.25, -0.2) is 14.2 Å². The summed E-state index contributed by atoms with van der Waals surface area (Å²) in [6.07, 6.45) is 0.721. The first-order chi connectivity index (χ1) is 15.8. The van der Waals surface area contributed by atoms with Gasteiger partial charge in [-0.3, -0.25) is 4.79 Å². The number of halogens is 1. The van der Waals surface area contributed by atoms with Gasteiger partial charge in [0.05, 0.1) is 23.4 Å². The molecule has 2 aromatic rings. The number of hydrogen-bond donors (Lipinski definition) is 1. The molecule has 6 nitrogen and oxygen atoms in total. The number of allylic oxidation sites excluding steroid dienone is 1. The van der Waals surface area contributed by atoms with Gasteiger partial charge >= 0.3 is 5.97 Å². The van der Waals surface area contributed by atoms with Crippen molar-refractivity contribution in [2.45, 2.75) is 39.3 Å². The number of carbonyl (C=O) groups is 2. The first-order valence-corrected chi connectivity index (χ1v) is 11.9. The van der Waals surface area contributed by atoms with Gasteiger partial charge in [-0.1, -0.05) is 30.0 Å². The molecule has 0 spiro atoms. The molecule has 172 valence electrons. The van der Waals surface area contributed by atoms with Gasteiger partial charge in [-0.2, -0.15) is 0 Å². The number of carbonyl (C=O) groups excluding carboxylic acids is 2. The third-order valence-corrected chi connectivity index (χ3v) is 6.44. The van der Waals surface area contributed by atoms with Gasteiger partial charge in [0.2, 0.25) is 0 Å². The molecule has 2 heterocycles. The van der Waals surface area contributed by atoms with Gasteiger partial charge in [0.1, 0.15) is 5.82 Å². The topological polar surface area (TPSA) is 71.0 Å². The second-order valence-electron chi connectivity index (χ2n) is 8.24. The number of hydrogen-bond acceptors (Lipinski definition) is 6. The monoisotopic (exact) mass is 467 g/mol. The molecular formula is C25H26FN3O3S. The predicted octanol–water partition coefficient (Wildman–Crippen LogP) is 5.15. The maximum absolute atomic E-state index is 13.5. The molecule has 2 aliphatic heterocycles. The first-order valence-electron chi connectivity index (χ1n) is 10.9. The molecule has 4 rings (SSSR count). The quantitative estimate of drug-likeness (QED) is 0.616. The Labute approximate surface area is 196 Å². The fraction of sp³-hybridized carbons (Fsp3) is 0.320. The lowest BCUT2D eigenvalue weighted by atomic mass is 9.94. The zero-order valence-electron chi connectivity index (χ0n) is 18.8. The van der Waals surface area contributed by atoms with E-state index in [9.17, 15) is 14.0 Å². The van der Waals surface area contributed by atoms with Crippen molar-refractivity contribution in [2.75, 3.05) is 17.6 Å². The van der Waals surface area contributed by atoms with Crippen LogP contribution in [0.5, 0.6) is 0 Å². The molecule has 33 heavy (non-hydrogen) atoms. The van der Waals surface area contributed by atoms with Crippen molar-refractivity contribution in [1.29, 1.82) is 0 Å². The third kappa shape index (κ3) is 5.11. The smallest absolute Gasteiger partial charge is 0.338 e. The third-order valence-electron chi connectivity index (χ3n) is 5.37. The van der Waals surface area contributed by atoms with E-state index >= 15 is 0 Å². The molecule has 0 saturated carbocycles. The van der Waals surface area contributed by atoms with Crippen molar-refractivity contribution < 1.29 is 18.7 Å². The number of anilines is 1. The molecule has 0 bridgehead atoms. The number of nitrogens with zero attached hydrogens (tertiary/aromatic N) is 2. The first kappa shape index (κ1) is 23.0. The predicted molar refractivity (Wildman–Crippen MR) is 129 cm³/mol. The molecular weight excluding hydrogens is 441 g/mol. The average Bonchev–Trinajstić information content (AvgIpc) is 2.77. The minimum atomic E-state index is -0.470. The highest BCUT2D eigenvalue weighted by Gasteiger charge is 2.38. The van der Waals surface area contributed by atoms with E-state index in [2.05, 4.69) is 15.2 Å². The average molecular weight is 468 g/mol. The van der Waals surface area contributed by atoms with Crippen molar-refractivity contribution >= 4 is 34.5 Å². The van der Waals surface area contributed by atoms with Crippen LogP contribution >= 0.6 is 11.8 Å². The number of benzene rings is 2. The van der Waals surface area contributed by atoms with Gasteiger partial charge in [-0.15, -0.1) is 0 Å². The Balaban J connectivity index is 1.68. The summed E-state index contributed by atoms with van der Waals surface area (Å²) in [5.74, 6) is -0.288. The number of rotatable bonds is 5. The fourth-order valence-corrected chi connectivity index (χ4v) is 4.99. The van der Waals surface area contributed by atoms with Crippen LogP contribution in [0.1, 0.15) is 49.2 Å². The highest BCUT2D eigenvalue weighted by Crippen LogP contribution is 2.40.